The molecule has 0 aromatic rings. The average Bonchev–Trinajstić information content (AvgIpc) is 2.14. The van der Waals surface area contributed by atoms with Crippen molar-refractivity contribution in [1.82, 2.24) is 111 Å². The van der Waals surface area contributed by atoms with Crippen molar-refractivity contribution in [3.8, 4) is 0 Å². The molecule has 0 aliphatic carbocycles. The zero-order chi connectivity index (χ0) is 18.2. The van der Waals surface area contributed by atoms with Gasteiger partial charge in [-0.3, -0.25) is 0 Å². The van der Waals surface area contributed by atoms with E-state index in [9.17, 15) is 39.5 Å². The maximum absolute atomic E-state index is 10.5. The molecular weight excluding hydrogens is 650 g/mol. The Morgan fingerprint density at radius 1 is 0.300 bits per heavy atom. The molecule has 0 aliphatic rings. The van der Waals surface area contributed by atoms with E-state index in [1.165, 1.54) is 0 Å². The van der Waals surface area contributed by atoms with Crippen molar-refractivity contribution in [2.24, 2.45) is 0 Å². The van der Waals surface area contributed by atoms with E-state index in [-0.39, 0.29) is 127 Å². The Morgan fingerprint density at radius 2 is 0.325 bits per heavy atom. The second-order valence-corrected chi connectivity index (χ2v) is 2.36. The molecule has 0 fully saturated rings. The summed E-state index contributed by atoms with van der Waals surface area (Å²) < 4.78 is 94.6. The van der Waals surface area contributed by atoms with Gasteiger partial charge in [-0.1, -0.05) is 0 Å². The molecule has 24 nitrogen and oxygen atoms in total. The van der Waals surface area contributed by atoms with Crippen molar-refractivity contribution < 1.29 is 86.0 Å². The molecule has 0 spiro atoms. The second-order valence-electron chi connectivity index (χ2n) is 2.36. The van der Waals surface area contributed by atoms with E-state index in [4.69, 9.17) is 29.7 Å². The summed E-state index contributed by atoms with van der Waals surface area (Å²) in [5.41, 5.74) is 0. The van der Waals surface area contributed by atoms with Crippen LogP contribution in [0.2, 0.25) is 0 Å². The number of carbonyl (C=O) groups excluding carboxylic acids is 3. The molecule has 0 radical (unpaired) electrons. The Morgan fingerprint density at radius 3 is 0.325 bits per heavy atom. The largest absolute Gasteiger partial charge is 3.00 e. The summed E-state index contributed by atoms with van der Waals surface area (Å²) in [4.78, 5) is 26.4. The van der Waals surface area contributed by atoms with E-state index in [0.717, 1.165) is 0 Å². The molecule has 54 N–H and O–H groups in total. The molecule has 276 valence electrons. The van der Waals surface area contributed by atoms with Gasteiger partial charge in [0.1, 0.15) is 17.9 Å². The third-order valence-electron chi connectivity index (χ3n) is 0.694. The van der Waals surface area contributed by atoms with Crippen LogP contribution in [0.5, 0.6) is 0 Å². The van der Waals surface area contributed by atoms with Crippen LogP contribution in [0.15, 0.2) is 0 Å². The first-order chi connectivity index (χ1) is 8.83. The molecule has 0 amide bonds. The summed E-state index contributed by atoms with van der Waals surface area (Å²) in [6.45, 7) is 0. The number of carboxylic acids is 3. The van der Waals surface area contributed by atoms with Crippen LogP contribution in [0.1, 0.15) is 0 Å². The van der Waals surface area contributed by atoms with E-state index >= 15 is 0 Å². The standard InChI is InChI=1S/3C2HF3O2.Co.18H3N/c3*3-2(4,5)1(6)7;;;;;;;;;;;;;;;;;;;/h3*(H,6,7);;18*1H3/q;;;+3;;;;;;;;;;;;;;;;;;/p-3. The summed E-state index contributed by atoms with van der Waals surface area (Å²) >= 11 is 0. The zero-order valence-electron chi connectivity index (χ0n) is 21.9. The predicted octanol–water partition coefficient (Wildman–Crippen LogP) is 0.809. The van der Waals surface area contributed by atoms with E-state index in [0.29, 0.717) is 0 Å². The fourth-order valence-corrected chi connectivity index (χ4v) is 0. The van der Waals surface area contributed by atoms with Crippen molar-refractivity contribution in [3.05, 3.63) is 0 Å². The normalized spacial score (nSPS) is 5.92. The minimum absolute atomic E-state index is 0. The first kappa shape index (κ1) is 207. The summed E-state index contributed by atoms with van der Waals surface area (Å²) in [6, 6.07) is 0. The molecule has 0 bridgehead atoms. The van der Waals surface area contributed by atoms with Crippen molar-refractivity contribution in [2.75, 3.05) is 0 Å². The molecular formula is C6H54CoF9N18O6. The third kappa shape index (κ3) is 175. The summed E-state index contributed by atoms with van der Waals surface area (Å²) in [5, 5.41) is 26.4. The topological polar surface area (TPSA) is 750 Å². The molecule has 40 heavy (non-hydrogen) atoms. The monoisotopic (exact) mass is 704 g/mol. The maximum atomic E-state index is 10.5. The molecule has 0 saturated carbocycles. The predicted molar refractivity (Wildman–Crippen MR) is 124 cm³/mol. The third-order valence-corrected chi connectivity index (χ3v) is 0.694. The van der Waals surface area contributed by atoms with Gasteiger partial charge in [-0.15, -0.1) is 0 Å². The van der Waals surface area contributed by atoms with Gasteiger partial charge in [-0.25, -0.2) is 0 Å². The van der Waals surface area contributed by atoms with Crippen molar-refractivity contribution in [3.63, 3.8) is 0 Å². The van der Waals surface area contributed by atoms with Gasteiger partial charge in [0.15, 0.2) is 0 Å². The molecule has 0 unspecified atom stereocenters. The van der Waals surface area contributed by atoms with Gasteiger partial charge >= 0.3 is 35.3 Å². The number of rotatable bonds is 0. The SMILES string of the molecule is N.N.N.N.N.N.N.N.N.N.N.N.N.N.N.N.N.N.O=C([O-])C(F)(F)F.O=C([O-])C(F)(F)F.O=C([O-])C(F)(F)F.[Co+3]. The van der Waals surface area contributed by atoms with E-state index in [2.05, 4.69) is 0 Å². The quantitative estimate of drug-likeness (QED) is 0.155. The summed E-state index contributed by atoms with van der Waals surface area (Å²) in [5.74, 6) is -9.02. The molecule has 0 rings (SSSR count). The van der Waals surface area contributed by atoms with Crippen LogP contribution >= 0.6 is 0 Å². The first-order valence-corrected chi connectivity index (χ1v) is 3.68. The van der Waals surface area contributed by atoms with Crippen LogP contribution < -0.4 is 126 Å². The Bertz CT molecular complexity index is 353. The summed E-state index contributed by atoms with van der Waals surface area (Å²) in [6.07, 6.45) is -15.6. The van der Waals surface area contributed by atoms with Crippen LogP contribution in [0.3, 0.4) is 0 Å². The van der Waals surface area contributed by atoms with Crippen molar-refractivity contribution >= 4 is 17.9 Å². The number of carbonyl (C=O) groups is 3. The molecule has 0 aliphatic heterocycles. The van der Waals surface area contributed by atoms with Gasteiger partial charge in [0, 0.05) is 0 Å². The number of aliphatic carboxylic acids is 3. The maximum Gasteiger partial charge on any atom is 3.00 e. The molecule has 0 atom stereocenters. The van der Waals surface area contributed by atoms with E-state index in [1.807, 2.05) is 0 Å². The van der Waals surface area contributed by atoms with Gasteiger partial charge in [-0.05, 0) is 0 Å². The number of hydrogen-bond donors (Lipinski definition) is 18. The first-order valence-electron chi connectivity index (χ1n) is 3.68. The minimum Gasteiger partial charge on any atom is -0.542 e. The van der Waals surface area contributed by atoms with E-state index in [1.54, 1.807) is 0 Å². The Hall–Kier alpha value is -2.43. The van der Waals surface area contributed by atoms with E-state index < -0.39 is 36.4 Å². The van der Waals surface area contributed by atoms with Gasteiger partial charge < -0.3 is 140 Å². The Kier molecular flexibility index (Phi) is 397. The smallest absolute Gasteiger partial charge is 0.542 e. The molecule has 0 aromatic carbocycles. The molecule has 0 saturated heterocycles. The minimum atomic E-state index is -5.19. The molecule has 34 heteroatoms. The zero-order valence-corrected chi connectivity index (χ0v) is 23.0. The van der Waals surface area contributed by atoms with Gasteiger partial charge in [-0.2, -0.15) is 39.5 Å². The van der Waals surface area contributed by atoms with Crippen LogP contribution in [0.25, 0.3) is 0 Å². The van der Waals surface area contributed by atoms with Crippen LogP contribution in [0.4, 0.5) is 39.5 Å². The van der Waals surface area contributed by atoms with Crippen molar-refractivity contribution in [2.45, 2.75) is 18.5 Å². The number of carboxylic acid groups (broad SMARTS) is 3. The number of halogens is 9. The van der Waals surface area contributed by atoms with Crippen LogP contribution in [0, 0.1) is 0 Å². The second kappa shape index (κ2) is 76.6. The fourth-order valence-electron chi connectivity index (χ4n) is 0. The van der Waals surface area contributed by atoms with Crippen LogP contribution in [-0.4, -0.2) is 36.4 Å². The Labute approximate surface area is 234 Å². The number of hydrogen-bond acceptors (Lipinski definition) is 24. The number of alkyl halides is 9. The Balaban J connectivity index is -0.00000000491. The average molecular weight is 705 g/mol. The van der Waals surface area contributed by atoms with Gasteiger partial charge in [0.25, 0.3) is 0 Å². The van der Waals surface area contributed by atoms with Crippen LogP contribution in [-0.2, 0) is 31.2 Å². The molecule has 0 aromatic heterocycles. The van der Waals surface area contributed by atoms with Crippen molar-refractivity contribution in [1.29, 1.82) is 0 Å². The van der Waals surface area contributed by atoms with Gasteiger partial charge in [0.05, 0.1) is 0 Å². The molecule has 0 heterocycles. The van der Waals surface area contributed by atoms with Gasteiger partial charge in [0.2, 0.25) is 0 Å². The summed E-state index contributed by atoms with van der Waals surface area (Å²) in [7, 11) is 0. The fraction of sp³-hybridized carbons (Fsp3) is 0.500.